The lowest BCUT2D eigenvalue weighted by atomic mass is 9.96. The van der Waals surface area contributed by atoms with Gasteiger partial charge in [0, 0.05) is 12.6 Å². The average molecular weight is 286 g/mol. The smallest absolute Gasteiger partial charge is 0.321 e. The molecule has 1 saturated carbocycles. The molecule has 1 heterocycles. The van der Waals surface area contributed by atoms with Crippen molar-refractivity contribution in [3.63, 3.8) is 0 Å². The second kappa shape index (κ2) is 6.16. The van der Waals surface area contributed by atoms with Gasteiger partial charge in [0.05, 0.1) is 11.0 Å². The Morgan fingerprint density at radius 3 is 2.81 bits per heavy atom. The first kappa shape index (κ1) is 13.9. The number of nitrogens with one attached hydrogen (secondary N) is 2. The SMILES string of the molecule is CCn1c(NC(=O)NC2CCCCC2)nc2ccccc21. The summed E-state index contributed by atoms with van der Waals surface area (Å²) in [5.74, 6) is 0.618. The fourth-order valence-electron chi connectivity index (χ4n) is 3.06. The summed E-state index contributed by atoms with van der Waals surface area (Å²) in [5.41, 5.74) is 1.96. The predicted molar refractivity (Wildman–Crippen MR) is 84.4 cm³/mol. The average Bonchev–Trinajstić information content (AvgIpc) is 2.85. The van der Waals surface area contributed by atoms with Crippen LogP contribution in [-0.4, -0.2) is 21.6 Å². The number of fused-ring (bicyclic) bond motifs is 1. The number of imidazole rings is 1. The topological polar surface area (TPSA) is 59.0 Å². The maximum absolute atomic E-state index is 12.2. The quantitative estimate of drug-likeness (QED) is 0.907. The number of nitrogens with zero attached hydrogens (tertiary/aromatic N) is 2. The molecule has 0 bridgehead atoms. The number of hydrogen-bond acceptors (Lipinski definition) is 2. The van der Waals surface area contributed by atoms with E-state index >= 15 is 0 Å². The maximum atomic E-state index is 12.2. The van der Waals surface area contributed by atoms with Gasteiger partial charge < -0.3 is 9.88 Å². The van der Waals surface area contributed by atoms with Crippen LogP contribution in [0.2, 0.25) is 0 Å². The summed E-state index contributed by atoms with van der Waals surface area (Å²) in [6, 6.07) is 8.09. The fraction of sp³-hybridized carbons (Fsp3) is 0.500. The zero-order chi connectivity index (χ0) is 14.7. The van der Waals surface area contributed by atoms with Crippen molar-refractivity contribution in [2.75, 3.05) is 5.32 Å². The van der Waals surface area contributed by atoms with Crippen LogP contribution in [0.5, 0.6) is 0 Å². The van der Waals surface area contributed by atoms with E-state index in [1.54, 1.807) is 0 Å². The molecule has 1 fully saturated rings. The Balaban J connectivity index is 1.73. The highest BCUT2D eigenvalue weighted by Crippen LogP contribution is 2.20. The monoisotopic (exact) mass is 286 g/mol. The Morgan fingerprint density at radius 2 is 2.05 bits per heavy atom. The lowest BCUT2D eigenvalue weighted by Gasteiger charge is -2.22. The van der Waals surface area contributed by atoms with Gasteiger partial charge in [0.15, 0.2) is 0 Å². The molecule has 0 unspecified atom stereocenters. The molecule has 0 spiro atoms. The van der Waals surface area contributed by atoms with Gasteiger partial charge in [-0.2, -0.15) is 0 Å². The molecule has 0 saturated heterocycles. The van der Waals surface area contributed by atoms with Crippen molar-refractivity contribution in [3.05, 3.63) is 24.3 Å². The highest BCUT2D eigenvalue weighted by Gasteiger charge is 2.17. The molecule has 1 aromatic heterocycles. The van der Waals surface area contributed by atoms with Gasteiger partial charge in [0.25, 0.3) is 0 Å². The van der Waals surface area contributed by atoms with E-state index in [1.807, 2.05) is 28.8 Å². The lowest BCUT2D eigenvalue weighted by Crippen LogP contribution is -2.39. The number of para-hydroxylation sites is 2. The number of aromatic nitrogens is 2. The number of anilines is 1. The summed E-state index contributed by atoms with van der Waals surface area (Å²) in [6.07, 6.45) is 5.86. The van der Waals surface area contributed by atoms with Crippen LogP contribution in [0.3, 0.4) is 0 Å². The van der Waals surface area contributed by atoms with Crippen LogP contribution in [0.25, 0.3) is 11.0 Å². The Bertz CT molecular complexity index is 628. The molecule has 5 nitrogen and oxygen atoms in total. The Morgan fingerprint density at radius 1 is 1.29 bits per heavy atom. The van der Waals surface area contributed by atoms with Crippen LogP contribution >= 0.6 is 0 Å². The van der Waals surface area contributed by atoms with Crippen molar-refractivity contribution in [1.29, 1.82) is 0 Å². The van der Waals surface area contributed by atoms with Gasteiger partial charge in [-0.25, -0.2) is 9.78 Å². The van der Waals surface area contributed by atoms with E-state index in [-0.39, 0.29) is 6.03 Å². The number of urea groups is 1. The predicted octanol–water partition coefficient (Wildman–Crippen LogP) is 3.51. The molecule has 1 aliphatic carbocycles. The molecule has 0 radical (unpaired) electrons. The first-order valence-corrected chi connectivity index (χ1v) is 7.80. The maximum Gasteiger partial charge on any atom is 0.321 e. The van der Waals surface area contributed by atoms with E-state index in [4.69, 9.17) is 0 Å². The van der Waals surface area contributed by atoms with Gasteiger partial charge in [0.2, 0.25) is 5.95 Å². The molecule has 0 aliphatic heterocycles. The van der Waals surface area contributed by atoms with Gasteiger partial charge in [0.1, 0.15) is 0 Å². The van der Waals surface area contributed by atoms with E-state index in [9.17, 15) is 4.79 Å². The number of hydrogen-bond donors (Lipinski definition) is 2. The third-order valence-electron chi connectivity index (χ3n) is 4.14. The van der Waals surface area contributed by atoms with Crippen molar-refractivity contribution in [1.82, 2.24) is 14.9 Å². The first-order valence-electron chi connectivity index (χ1n) is 7.80. The van der Waals surface area contributed by atoms with E-state index in [1.165, 1.54) is 19.3 Å². The normalized spacial score (nSPS) is 16.0. The molecule has 2 aromatic rings. The Labute approximate surface area is 124 Å². The van der Waals surface area contributed by atoms with Crippen molar-refractivity contribution in [3.8, 4) is 0 Å². The van der Waals surface area contributed by atoms with E-state index < -0.39 is 0 Å². The molecule has 112 valence electrons. The van der Waals surface area contributed by atoms with Crippen LogP contribution in [-0.2, 0) is 6.54 Å². The minimum absolute atomic E-state index is 0.146. The largest absolute Gasteiger partial charge is 0.335 e. The summed E-state index contributed by atoms with van der Waals surface area (Å²) >= 11 is 0. The third kappa shape index (κ3) is 3.01. The summed E-state index contributed by atoms with van der Waals surface area (Å²) < 4.78 is 2.02. The number of benzene rings is 1. The van der Waals surface area contributed by atoms with Crippen molar-refractivity contribution >= 4 is 23.0 Å². The number of carbonyl (C=O) groups excluding carboxylic acids is 1. The Hall–Kier alpha value is -2.04. The second-order valence-electron chi connectivity index (χ2n) is 5.60. The molecule has 0 atom stereocenters. The van der Waals surface area contributed by atoms with Crippen LogP contribution in [0.4, 0.5) is 10.7 Å². The van der Waals surface area contributed by atoms with Gasteiger partial charge in [-0.1, -0.05) is 31.4 Å². The molecule has 2 amide bonds. The van der Waals surface area contributed by atoms with E-state index in [2.05, 4.69) is 22.5 Å². The number of rotatable bonds is 3. The van der Waals surface area contributed by atoms with Gasteiger partial charge in [-0.3, -0.25) is 5.32 Å². The highest BCUT2D eigenvalue weighted by atomic mass is 16.2. The molecule has 2 N–H and O–H groups in total. The van der Waals surface area contributed by atoms with Gasteiger partial charge in [-0.05, 0) is 31.9 Å². The van der Waals surface area contributed by atoms with Crippen LogP contribution in [0.15, 0.2) is 24.3 Å². The van der Waals surface area contributed by atoms with Crippen molar-refractivity contribution in [2.45, 2.75) is 51.6 Å². The lowest BCUT2D eigenvalue weighted by molar-refractivity contribution is 0.244. The number of aryl methyl sites for hydroxylation is 1. The minimum Gasteiger partial charge on any atom is -0.335 e. The summed E-state index contributed by atoms with van der Waals surface area (Å²) in [7, 11) is 0. The molecular formula is C16H22N4O. The molecule has 3 rings (SSSR count). The van der Waals surface area contributed by atoms with Crippen molar-refractivity contribution in [2.24, 2.45) is 0 Å². The summed E-state index contributed by atoms with van der Waals surface area (Å²) in [6.45, 7) is 2.83. The highest BCUT2D eigenvalue weighted by molar-refractivity contribution is 5.90. The molecule has 1 aliphatic rings. The number of amides is 2. The Kier molecular flexibility index (Phi) is 4.08. The van der Waals surface area contributed by atoms with Crippen LogP contribution in [0.1, 0.15) is 39.0 Å². The van der Waals surface area contributed by atoms with Crippen molar-refractivity contribution < 1.29 is 4.79 Å². The molecule has 1 aromatic carbocycles. The molecule has 21 heavy (non-hydrogen) atoms. The van der Waals surface area contributed by atoms with Crippen LogP contribution in [0, 0.1) is 0 Å². The van der Waals surface area contributed by atoms with Gasteiger partial charge >= 0.3 is 6.03 Å². The third-order valence-corrected chi connectivity index (χ3v) is 4.14. The number of carbonyl (C=O) groups is 1. The fourth-order valence-corrected chi connectivity index (χ4v) is 3.06. The standard InChI is InChI=1S/C16H22N4O/c1-2-20-14-11-7-6-10-13(14)18-15(20)19-16(21)17-12-8-4-3-5-9-12/h6-7,10-12H,2-5,8-9H2,1H3,(H2,17,18,19,21). The minimum atomic E-state index is -0.146. The summed E-state index contributed by atoms with van der Waals surface area (Å²) in [4.78, 5) is 16.7. The van der Waals surface area contributed by atoms with E-state index in [0.717, 1.165) is 30.4 Å². The first-order chi connectivity index (χ1) is 10.3. The summed E-state index contributed by atoms with van der Waals surface area (Å²) in [5, 5.41) is 5.96. The van der Waals surface area contributed by atoms with Gasteiger partial charge in [-0.15, -0.1) is 0 Å². The molecular weight excluding hydrogens is 264 g/mol. The van der Waals surface area contributed by atoms with Crippen LogP contribution < -0.4 is 10.6 Å². The molecule has 5 heteroatoms. The second-order valence-corrected chi connectivity index (χ2v) is 5.60. The van der Waals surface area contributed by atoms with E-state index in [0.29, 0.717) is 12.0 Å². The zero-order valence-corrected chi connectivity index (χ0v) is 12.4. The zero-order valence-electron chi connectivity index (χ0n) is 12.4.